The standard InChI is InChI=1S/C15H24ClN3/c1-4-11-14(16)17-9-18-15(11)19-13-8-6-5-7-12(13)10(2)3/h9-10,12-13H,4-8H2,1-3H3,(H,17,18,19). The molecule has 1 saturated carbocycles. The molecule has 1 aromatic rings. The van der Waals surface area contributed by atoms with Gasteiger partial charge < -0.3 is 5.32 Å². The summed E-state index contributed by atoms with van der Waals surface area (Å²) in [5, 5.41) is 4.22. The van der Waals surface area contributed by atoms with Gasteiger partial charge in [0.1, 0.15) is 17.3 Å². The molecule has 2 atom stereocenters. The highest BCUT2D eigenvalue weighted by Gasteiger charge is 2.28. The Hall–Kier alpha value is -0.830. The van der Waals surface area contributed by atoms with Gasteiger partial charge in [-0.3, -0.25) is 0 Å². The van der Waals surface area contributed by atoms with Crippen LogP contribution in [0.15, 0.2) is 6.33 Å². The van der Waals surface area contributed by atoms with E-state index in [4.69, 9.17) is 11.6 Å². The lowest BCUT2D eigenvalue weighted by Crippen LogP contribution is -2.35. The van der Waals surface area contributed by atoms with E-state index in [0.29, 0.717) is 17.1 Å². The maximum atomic E-state index is 6.16. The van der Waals surface area contributed by atoms with Crippen molar-refractivity contribution < 1.29 is 0 Å². The van der Waals surface area contributed by atoms with Crippen LogP contribution in [0, 0.1) is 11.8 Å². The van der Waals surface area contributed by atoms with Crippen molar-refractivity contribution in [3.8, 4) is 0 Å². The Labute approximate surface area is 121 Å². The van der Waals surface area contributed by atoms with Crippen molar-refractivity contribution in [1.29, 1.82) is 0 Å². The van der Waals surface area contributed by atoms with E-state index in [0.717, 1.165) is 23.7 Å². The maximum Gasteiger partial charge on any atom is 0.137 e. The number of anilines is 1. The smallest absolute Gasteiger partial charge is 0.137 e. The van der Waals surface area contributed by atoms with E-state index in [9.17, 15) is 0 Å². The van der Waals surface area contributed by atoms with E-state index >= 15 is 0 Å². The molecule has 1 fully saturated rings. The van der Waals surface area contributed by atoms with Gasteiger partial charge in [-0.1, -0.05) is 45.2 Å². The molecule has 0 saturated heterocycles. The third-order valence-corrected chi connectivity index (χ3v) is 4.57. The molecule has 106 valence electrons. The molecule has 2 unspecified atom stereocenters. The Bertz CT molecular complexity index is 420. The fourth-order valence-electron chi connectivity index (χ4n) is 3.14. The van der Waals surface area contributed by atoms with Crippen molar-refractivity contribution in [3.05, 3.63) is 17.0 Å². The van der Waals surface area contributed by atoms with Crippen LogP contribution in [-0.2, 0) is 6.42 Å². The minimum Gasteiger partial charge on any atom is -0.367 e. The van der Waals surface area contributed by atoms with Gasteiger partial charge in [-0.05, 0) is 31.1 Å². The van der Waals surface area contributed by atoms with Gasteiger partial charge in [0.25, 0.3) is 0 Å². The SMILES string of the molecule is CCc1c(Cl)ncnc1NC1CCCCC1C(C)C. The molecular weight excluding hydrogens is 258 g/mol. The summed E-state index contributed by atoms with van der Waals surface area (Å²) in [5.41, 5.74) is 1.04. The first-order valence-corrected chi connectivity index (χ1v) is 7.77. The molecule has 0 aliphatic heterocycles. The Balaban J connectivity index is 2.17. The number of hydrogen-bond acceptors (Lipinski definition) is 3. The third-order valence-electron chi connectivity index (χ3n) is 4.24. The Morgan fingerprint density at radius 3 is 2.74 bits per heavy atom. The van der Waals surface area contributed by atoms with E-state index < -0.39 is 0 Å². The highest BCUT2D eigenvalue weighted by molar-refractivity contribution is 6.30. The van der Waals surface area contributed by atoms with Crippen molar-refractivity contribution in [2.24, 2.45) is 11.8 Å². The zero-order valence-electron chi connectivity index (χ0n) is 12.1. The van der Waals surface area contributed by atoms with E-state index in [1.807, 2.05) is 0 Å². The molecule has 2 rings (SSSR count). The Morgan fingerprint density at radius 2 is 2.05 bits per heavy atom. The van der Waals surface area contributed by atoms with Crippen LogP contribution in [0.3, 0.4) is 0 Å². The summed E-state index contributed by atoms with van der Waals surface area (Å²) in [4.78, 5) is 8.46. The average molecular weight is 282 g/mol. The molecule has 3 nitrogen and oxygen atoms in total. The fourth-order valence-corrected chi connectivity index (χ4v) is 3.41. The normalized spacial score (nSPS) is 23.6. The molecule has 0 radical (unpaired) electrons. The van der Waals surface area contributed by atoms with Crippen molar-refractivity contribution in [3.63, 3.8) is 0 Å². The molecule has 0 bridgehead atoms. The number of nitrogens with zero attached hydrogens (tertiary/aromatic N) is 2. The zero-order chi connectivity index (χ0) is 13.8. The van der Waals surface area contributed by atoms with Crippen LogP contribution in [-0.4, -0.2) is 16.0 Å². The van der Waals surface area contributed by atoms with Gasteiger partial charge in [-0.15, -0.1) is 0 Å². The first kappa shape index (κ1) is 14.6. The van der Waals surface area contributed by atoms with Gasteiger partial charge in [0.15, 0.2) is 0 Å². The Kier molecular flexibility index (Phi) is 5.03. The monoisotopic (exact) mass is 281 g/mol. The second-order valence-electron chi connectivity index (χ2n) is 5.79. The molecule has 1 N–H and O–H groups in total. The van der Waals surface area contributed by atoms with Crippen molar-refractivity contribution in [1.82, 2.24) is 9.97 Å². The van der Waals surface area contributed by atoms with Crippen molar-refractivity contribution >= 4 is 17.4 Å². The van der Waals surface area contributed by atoms with Gasteiger partial charge in [0.05, 0.1) is 0 Å². The van der Waals surface area contributed by atoms with Gasteiger partial charge >= 0.3 is 0 Å². The second kappa shape index (κ2) is 6.56. The molecule has 0 spiro atoms. The molecular formula is C15H24ClN3. The quantitative estimate of drug-likeness (QED) is 0.835. The van der Waals surface area contributed by atoms with E-state index in [1.54, 1.807) is 6.33 Å². The molecule has 0 amide bonds. The number of aromatic nitrogens is 2. The number of hydrogen-bond donors (Lipinski definition) is 1. The fraction of sp³-hybridized carbons (Fsp3) is 0.733. The average Bonchev–Trinajstić information content (AvgIpc) is 2.39. The summed E-state index contributed by atoms with van der Waals surface area (Å²) in [6, 6.07) is 0.519. The van der Waals surface area contributed by atoms with Crippen LogP contribution in [0.1, 0.15) is 52.0 Å². The van der Waals surface area contributed by atoms with Gasteiger partial charge in [0.2, 0.25) is 0 Å². The van der Waals surface area contributed by atoms with E-state index in [-0.39, 0.29) is 0 Å². The van der Waals surface area contributed by atoms with Gasteiger partial charge in [-0.2, -0.15) is 0 Å². The van der Waals surface area contributed by atoms with Crippen LogP contribution < -0.4 is 5.32 Å². The van der Waals surface area contributed by atoms with Crippen LogP contribution >= 0.6 is 11.6 Å². The predicted octanol–water partition coefficient (Wildman–Crippen LogP) is 4.32. The maximum absolute atomic E-state index is 6.16. The molecule has 1 aliphatic carbocycles. The third kappa shape index (κ3) is 3.38. The summed E-state index contributed by atoms with van der Waals surface area (Å²) in [7, 11) is 0. The van der Waals surface area contributed by atoms with E-state index in [1.165, 1.54) is 25.7 Å². The summed E-state index contributed by atoms with van der Waals surface area (Å²) in [5.74, 6) is 2.37. The van der Waals surface area contributed by atoms with Crippen molar-refractivity contribution in [2.75, 3.05) is 5.32 Å². The number of halogens is 1. The predicted molar refractivity (Wildman–Crippen MR) is 80.6 cm³/mol. The largest absolute Gasteiger partial charge is 0.367 e. The van der Waals surface area contributed by atoms with Crippen molar-refractivity contribution in [2.45, 2.75) is 58.9 Å². The summed E-state index contributed by atoms with van der Waals surface area (Å²) < 4.78 is 0. The number of nitrogens with one attached hydrogen (secondary N) is 1. The van der Waals surface area contributed by atoms with Gasteiger partial charge in [0, 0.05) is 11.6 Å². The van der Waals surface area contributed by atoms with E-state index in [2.05, 4.69) is 36.1 Å². The number of rotatable bonds is 4. The lowest BCUT2D eigenvalue weighted by atomic mass is 9.78. The molecule has 1 aromatic heterocycles. The lowest BCUT2D eigenvalue weighted by molar-refractivity contribution is 0.253. The van der Waals surface area contributed by atoms with Gasteiger partial charge in [-0.25, -0.2) is 9.97 Å². The minimum absolute atomic E-state index is 0.519. The van der Waals surface area contributed by atoms with Crippen LogP contribution in [0.5, 0.6) is 0 Å². The minimum atomic E-state index is 0.519. The summed E-state index contributed by atoms with van der Waals surface area (Å²) >= 11 is 6.16. The first-order chi connectivity index (χ1) is 9.13. The highest BCUT2D eigenvalue weighted by Crippen LogP contribution is 2.33. The second-order valence-corrected chi connectivity index (χ2v) is 6.15. The molecule has 1 aliphatic rings. The topological polar surface area (TPSA) is 37.8 Å². The lowest BCUT2D eigenvalue weighted by Gasteiger charge is -2.35. The molecule has 4 heteroatoms. The molecule has 1 heterocycles. The molecule has 0 aromatic carbocycles. The highest BCUT2D eigenvalue weighted by atomic mass is 35.5. The summed E-state index contributed by atoms with van der Waals surface area (Å²) in [6.45, 7) is 6.73. The van der Waals surface area contributed by atoms with Crippen LogP contribution in [0.4, 0.5) is 5.82 Å². The Morgan fingerprint density at radius 1 is 1.32 bits per heavy atom. The van der Waals surface area contributed by atoms with Crippen LogP contribution in [0.25, 0.3) is 0 Å². The van der Waals surface area contributed by atoms with Crippen LogP contribution in [0.2, 0.25) is 5.15 Å². The summed E-state index contributed by atoms with van der Waals surface area (Å²) in [6.07, 6.45) is 7.62. The molecule has 19 heavy (non-hydrogen) atoms. The first-order valence-electron chi connectivity index (χ1n) is 7.39. The zero-order valence-corrected chi connectivity index (χ0v) is 12.9.